The largest absolute Gasteiger partial charge is 0.509 e. The molecule has 1 aromatic carbocycles. The quantitative estimate of drug-likeness (QED) is 0.629. The smallest absolute Gasteiger partial charge is 0.445 e. The lowest BCUT2D eigenvalue weighted by molar-refractivity contribution is 0.111. The molecule has 0 amide bonds. The zero-order chi connectivity index (χ0) is 10.2. The monoisotopic (exact) mass is 201 g/mol. The van der Waals surface area contributed by atoms with E-state index in [0.717, 1.165) is 17.2 Å². The SMILES string of the molecule is F[B-](F)(F)c1ccc2c(c1)CCOC2. The number of fused-ring (bicyclic) bond motifs is 1. The number of hydrogen-bond donors (Lipinski definition) is 0. The molecule has 0 unspecified atom stereocenters. The molecule has 0 saturated heterocycles. The van der Waals surface area contributed by atoms with E-state index in [9.17, 15) is 12.9 Å². The van der Waals surface area contributed by atoms with E-state index in [1.807, 2.05) is 0 Å². The highest BCUT2D eigenvalue weighted by Gasteiger charge is 2.26. The zero-order valence-corrected chi connectivity index (χ0v) is 7.47. The minimum absolute atomic E-state index is 0.431. The predicted molar refractivity (Wildman–Crippen MR) is 48.5 cm³/mol. The van der Waals surface area contributed by atoms with E-state index >= 15 is 0 Å². The highest BCUT2D eigenvalue weighted by Crippen LogP contribution is 2.18. The van der Waals surface area contributed by atoms with Gasteiger partial charge >= 0.3 is 6.98 Å². The zero-order valence-electron chi connectivity index (χ0n) is 7.47. The van der Waals surface area contributed by atoms with Crippen molar-refractivity contribution in [2.75, 3.05) is 6.61 Å². The summed E-state index contributed by atoms with van der Waals surface area (Å²) in [6.45, 7) is -3.92. The first-order valence-electron chi connectivity index (χ1n) is 4.47. The number of halogens is 3. The molecule has 0 radical (unpaired) electrons. The van der Waals surface area contributed by atoms with Gasteiger partial charge in [0.1, 0.15) is 0 Å². The molecule has 14 heavy (non-hydrogen) atoms. The Labute approximate surface area is 79.9 Å². The van der Waals surface area contributed by atoms with Crippen LogP contribution in [0.3, 0.4) is 0 Å². The van der Waals surface area contributed by atoms with Gasteiger partial charge in [-0.1, -0.05) is 18.2 Å². The molecule has 1 aromatic rings. The predicted octanol–water partition coefficient (Wildman–Crippen LogP) is 1.81. The van der Waals surface area contributed by atoms with Gasteiger partial charge in [-0.2, -0.15) is 0 Å². The second-order valence-electron chi connectivity index (χ2n) is 3.41. The normalized spacial score (nSPS) is 16.5. The van der Waals surface area contributed by atoms with Crippen molar-refractivity contribution in [2.24, 2.45) is 0 Å². The summed E-state index contributed by atoms with van der Waals surface area (Å²) in [6, 6.07) is 3.89. The maximum atomic E-state index is 12.4. The Morgan fingerprint density at radius 2 is 1.93 bits per heavy atom. The van der Waals surface area contributed by atoms with Crippen LogP contribution in [0.4, 0.5) is 12.9 Å². The van der Waals surface area contributed by atoms with Crippen LogP contribution in [0, 0.1) is 0 Å². The number of rotatable bonds is 1. The molecule has 0 aliphatic carbocycles. The molecule has 0 atom stereocenters. The van der Waals surface area contributed by atoms with Gasteiger partial charge in [0.25, 0.3) is 0 Å². The molecule has 76 valence electrons. The summed E-state index contributed by atoms with van der Waals surface area (Å²) < 4.78 is 42.3. The van der Waals surface area contributed by atoms with Gasteiger partial charge in [-0.25, -0.2) is 0 Å². The van der Waals surface area contributed by atoms with Gasteiger partial charge in [-0.3, -0.25) is 0 Å². The standard InChI is InChI=1S/C9H9BF3O/c11-10(12,13)9-2-1-8-6-14-4-3-7(8)5-9/h1-2,5H,3-4,6H2/q-1. The van der Waals surface area contributed by atoms with Crippen molar-refractivity contribution in [3.8, 4) is 0 Å². The lowest BCUT2D eigenvalue weighted by Crippen LogP contribution is -2.34. The fourth-order valence-corrected chi connectivity index (χ4v) is 1.59. The van der Waals surface area contributed by atoms with Gasteiger partial charge < -0.3 is 17.7 Å². The number of ether oxygens (including phenoxy) is 1. The molecule has 0 spiro atoms. The van der Waals surface area contributed by atoms with Crippen molar-refractivity contribution < 1.29 is 17.7 Å². The summed E-state index contributed by atoms with van der Waals surface area (Å²) in [6.07, 6.45) is 0.579. The first-order valence-corrected chi connectivity index (χ1v) is 4.47. The topological polar surface area (TPSA) is 9.23 Å². The Hall–Kier alpha value is -0.965. The van der Waals surface area contributed by atoms with Gasteiger partial charge in [-0.15, -0.1) is 5.46 Å². The minimum Gasteiger partial charge on any atom is -0.445 e. The third-order valence-electron chi connectivity index (χ3n) is 2.38. The average Bonchev–Trinajstić information content (AvgIpc) is 2.16. The Morgan fingerprint density at radius 1 is 1.14 bits per heavy atom. The highest BCUT2D eigenvalue weighted by molar-refractivity contribution is 6.73. The second kappa shape index (κ2) is 3.31. The average molecular weight is 201 g/mol. The number of hydrogen-bond acceptors (Lipinski definition) is 1. The van der Waals surface area contributed by atoms with Gasteiger partial charge in [0, 0.05) is 0 Å². The molecule has 0 aromatic heterocycles. The van der Waals surface area contributed by atoms with E-state index in [0.29, 0.717) is 19.6 Å². The van der Waals surface area contributed by atoms with Crippen LogP contribution in [0.5, 0.6) is 0 Å². The first kappa shape index (κ1) is 9.58. The van der Waals surface area contributed by atoms with Crippen LogP contribution in [0.15, 0.2) is 18.2 Å². The summed E-state index contributed by atoms with van der Waals surface area (Å²) in [5.41, 5.74) is 1.14. The first-order chi connectivity index (χ1) is 6.57. The van der Waals surface area contributed by atoms with Crippen LogP contribution in [0.25, 0.3) is 0 Å². The molecular weight excluding hydrogens is 192 g/mol. The summed E-state index contributed by atoms with van der Waals surface area (Å²) in [5.74, 6) is 0. The molecule has 0 N–H and O–H groups in total. The van der Waals surface area contributed by atoms with E-state index in [2.05, 4.69) is 0 Å². The van der Waals surface area contributed by atoms with Crippen LogP contribution in [0.1, 0.15) is 11.1 Å². The van der Waals surface area contributed by atoms with Crippen molar-refractivity contribution in [1.82, 2.24) is 0 Å². The maximum absolute atomic E-state index is 12.4. The van der Waals surface area contributed by atoms with Gasteiger partial charge in [0.05, 0.1) is 13.2 Å². The van der Waals surface area contributed by atoms with E-state index in [-0.39, 0.29) is 0 Å². The molecule has 1 nitrogen and oxygen atoms in total. The molecule has 2 rings (SSSR count). The summed E-state index contributed by atoms with van der Waals surface area (Å²) >= 11 is 0. The van der Waals surface area contributed by atoms with Crippen LogP contribution in [-0.2, 0) is 17.8 Å². The van der Waals surface area contributed by atoms with E-state index in [1.54, 1.807) is 0 Å². The van der Waals surface area contributed by atoms with Gasteiger partial charge in [0.2, 0.25) is 0 Å². The van der Waals surface area contributed by atoms with Crippen LogP contribution >= 0.6 is 0 Å². The molecule has 0 saturated carbocycles. The molecule has 1 heterocycles. The third kappa shape index (κ3) is 1.77. The van der Waals surface area contributed by atoms with Crippen molar-refractivity contribution in [3.63, 3.8) is 0 Å². The molecular formula is C9H9BF3O-. The second-order valence-corrected chi connectivity index (χ2v) is 3.41. The summed E-state index contributed by atoms with van der Waals surface area (Å²) in [5, 5.41) is 0. The summed E-state index contributed by atoms with van der Waals surface area (Å²) in [4.78, 5) is 0. The molecule has 5 heteroatoms. The van der Waals surface area contributed by atoms with E-state index in [1.165, 1.54) is 12.1 Å². The van der Waals surface area contributed by atoms with Crippen LogP contribution < -0.4 is 5.46 Å². The molecule has 1 aliphatic heterocycles. The fourth-order valence-electron chi connectivity index (χ4n) is 1.59. The van der Waals surface area contributed by atoms with Crippen LogP contribution in [0.2, 0.25) is 0 Å². The molecule has 1 aliphatic rings. The Bertz CT molecular complexity index is 348. The van der Waals surface area contributed by atoms with Gasteiger partial charge in [0.15, 0.2) is 0 Å². The van der Waals surface area contributed by atoms with Crippen molar-refractivity contribution in [2.45, 2.75) is 13.0 Å². The lowest BCUT2D eigenvalue weighted by atomic mass is 9.78. The minimum atomic E-state index is -4.87. The van der Waals surface area contributed by atoms with Crippen molar-refractivity contribution in [3.05, 3.63) is 29.3 Å². The van der Waals surface area contributed by atoms with Gasteiger partial charge in [-0.05, 0) is 17.5 Å². The molecule has 0 fully saturated rings. The Morgan fingerprint density at radius 3 is 2.64 bits per heavy atom. The van der Waals surface area contributed by atoms with E-state index < -0.39 is 12.4 Å². The Balaban J connectivity index is 2.39. The third-order valence-corrected chi connectivity index (χ3v) is 2.38. The van der Waals surface area contributed by atoms with Crippen molar-refractivity contribution in [1.29, 1.82) is 0 Å². The fraction of sp³-hybridized carbons (Fsp3) is 0.333. The van der Waals surface area contributed by atoms with Crippen LogP contribution in [-0.4, -0.2) is 13.6 Å². The van der Waals surface area contributed by atoms with Crippen molar-refractivity contribution >= 4 is 12.4 Å². The highest BCUT2D eigenvalue weighted by atomic mass is 19.4. The maximum Gasteiger partial charge on any atom is 0.509 e. The molecule has 0 bridgehead atoms. The summed E-state index contributed by atoms with van der Waals surface area (Å²) in [7, 11) is 0. The Kier molecular flexibility index (Phi) is 2.27. The van der Waals surface area contributed by atoms with E-state index in [4.69, 9.17) is 4.74 Å². The lowest BCUT2D eigenvalue weighted by Gasteiger charge is -2.21. The number of benzene rings is 1.